The van der Waals surface area contributed by atoms with E-state index >= 15 is 0 Å². The zero-order valence-electron chi connectivity index (χ0n) is 10.1. The van der Waals surface area contributed by atoms with Gasteiger partial charge in [-0.15, -0.1) is 0 Å². The third kappa shape index (κ3) is 2.22. The van der Waals surface area contributed by atoms with Crippen molar-refractivity contribution in [2.45, 2.75) is 58.8 Å². The van der Waals surface area contributed by atoms with Gasteiger partial charge in [0.2, 0.25) is 0 Å². The molecule has 1 aliphatic carbocycles. The average Bonchev–Trinajstić information content (AvgIpc) is 2.25. The van der Waals surface area contributed by atoms with Gasteiger partial charge in [0.25, 0.3) is 0 Å². The Morgan fingerprint density at radius 3 is 2.33 bits per heavy atom. The van der Waals surface area contributed by atoms with E-state index in [1.54, 1.807) is 0 Å². The van der Waals surface area contributed by atoms with Crippen molar-refractivity contribution < 1.29 is 0 Å². The van der Waals surface area contributed by atoms with Crippen molar-refractivity contribution in [3.05, 3.63) is 28.6 Å². The van der Waals surface area contributed by atoms with Crippen molar-refractivity contribution in [1.82, 2.24) is 4.98 Å². The van der Waals surface area contributed by atoms with Gasteiger partial charge in [-0.3, -0.25) is 4.98 Å². The molecule has 1 aromatic heterocycles. The third-order valence-electron chi connectivity index (χ3n) is 3.74. The van der Waals surface area contributed by atoms with Gasteiger partial charge in [0.15, 0.2) is 0 Å². The lowest BCUT2D eigenvalue weighted by Gasteiger charge is -2.23. The monoisotopic (exact) mass is 203 g/mol. The Balaban J connectivity index is 2.30. The molecule has 1 nitrogen and oxygen atoms in total. The van der Waals surface area contributed by atoms with Crippen LogP contribution in [0.3, 0.4) is 0 Å². The number of aromatic nitrogens is 1. The molecule has 0 spiro atoms. The minimum absolute atomic E-state index is 0.783. The summed E-state index contributed by atoms with van der Waals surface area (Å²) in [6.07, 6.45) is 6.96. The van der Waals surface area contributed by atoms with E-state index in [2.05, 4.69) is 31.8 Å². The maximum atomic E-state index is 4.65. The third-order valence-corrected chi connectivity index (χ3v) is 3.74. The van der Waals surface area contributed by atoms with Crippen molar-refractivity contribution in [1.29, 1.82) is 0 Å². The minimum atomic E-state index is 0.783. The van der Waals surface area contributed by atoms with E-state index in [9.17, 15) is 0 Å². The van der Waals surface area contributed by atoms with Crippen LogP contribution in [0.5, 0.6) is 0 Å². The summed E-state index contributed by atoms with van der Waals surface area (Å²) in [4.78, 5) is 4.65. The van der Waals surface area contributed by atoms with Crippen LogP contribution in [0.15, 0.2) is 6.07 Å². The van der Waals surface area contributed by atoms with Crippen LogP contribution in [0.25, 0.3) is 0 Å². The summed E-state index contributed by atoms with van der Waals surface area (Å²) >= 11 is 0. The molecule has 0 aromatic carbocycles. The van der Waals surface area contributed by atoms with Gasteiger partial charge in [-0.1, -0.05) is 25.3 Å². The molecule has 0 radical (unpaired) electrons. The lowest BCUT2D eigenvalue weighted by Crippen LogP contribution is -2.08. The fourth-order valence-corrected chi connectivity index (χ4v) is 2.67. The Morgan fingerprint density at radius 1 is 1.00 bits per heavy atom. The van der Waals surface area contributed by atoms with Crippen molar-refractivity contribution in [3.8, 4) is 0 Å². The molecule has 0 saturated heterocycles. The predicted octanol–water partition coefficient (Wildman–Crippen LogP) is 4.05. The predicted molar refractivity (Wildman–Crippen MR) is 64.3 cm³/mol. The quantitative estimate of drug-likeness (QED) is 0.671. The fourth-order valence-electron chi connectivity index (χ4n) is 2.67. The lowest BCUT2D eigenvalue weighted by atomic mass is 9.83. The summed E-state index contributed by atoms with van der Waals surface area (Å²) in [5.74, 6) is 0.783. The average molecular weight is 203 g/mol. The molecular formula is C14H21N. The van der Waals surface area contributed by atoms with Gasteiger partial charge in [-0.25, -0.2) is 0 Å². The number of nitrogens with zero attached hydrogens (tertiary/aromatic N) is 1. The molecule has 15 heavy (non-hydrogen) atoms. The maximum Gasteiger partial charge on any atom is 0.0410 e. The van der Waals surface area contributed by atoms with Crippen LogP contribution in [0.2, 0.25) is 0 Å². The Hall–Kier alpha value is -0.850. The second-order valence-electron chi connectivity index (χ2n) is 4.90. The molecule has 1 heteroatoms. The molecule has 1 saturated carbocycles. The molecule has 1 fully saturated rings. The van der Waals surface area contributed by atoms with E-state index < -0.39 is 0 Å². The normalized spacial score (nSPS) is 18.1. The SMILES string of the molecule is Cc1cc(C2CCCCC2)c(C)nc1C. The summed E-state index contributed by atoms with van der Waals surface area (Å²) in [7, 11) is 0. The van der Waals surface area contributed by atoms with Crippen LogP contribution in [-0.4, -0.2) is 4.98 Å². The van der Waals surface area contributed by atoms with Gasteiger partial charge in [-0.05, 0) is 50.7 Å². The van der Waals surface area contributed by atoms with Crippen LogP contribution in [0.4, 0.5) is 0 Å². The first-order valence-electron chi connectivity index (χ1n) is 6.13. The minimum Gasteiger partial charge on any atom is -0.258 e. The zero-order chi connectivity index (χ0) is 10.8. The Labute approximate surface area is 92.9 Å². The molecule has 0 aliphatic heterocycles. The van der Waals surface area contributed by atoms with Crippen LogP contribution in [0.1, 0.15) is 60.5 Å². The Kier molecular flexibility index (Phi) is 3.08. The van der Waals surface area contributed by atoms with Gasteiger partial charge >= 0.3 is 0 Å². The van der Waals surface area contributed by atoms with Gasteiger partial charge < -0.3 is 0 Å². The maximum absolute atomic E-state index is 4.65. The molecule has 1 aromatic rings. The molecule has 82 valence electrons. The smallest absolute Gasteiger partial charge is 0.0410 e. The fraction of sp³-hybridized carbons (Fsp3) is 0.643. The van der Waals surface area contributed by atoms with Crippen LogP contribution in [0, 0.1) is 20.8 Å². The van der Waals surface area contributed by atoms with Gasteiger partial charge in [-0.2, -0.15) is 0 Å². The highest BCUT2D eigenvalue weighted by Crippen LogP contribution is 2.34. The molecule has 2 rings (SSSR count). The summed E-state index contributed by atoms with van der Waals surface area (Å²) in [6, 6.07) is 2.37. The number of pyridine rings is 1. The lowest BCUT2D eigenvalue weighted by molar-refractivity contribution is 0.441. The number of hydrogen-bond donors (Lipinski definition) is 0. The second-order valence-corrected chi connectivity index (χ2v) is 4.90. The highest BCUT2D eigenvalue weighted by molar-refractivity contribution is 5.31. The van der Waals surface area contributed by atoms with Crippen LogP contribution in [-0.2, 0) is 0 Å². The molecule has 1 aliphatic rings. The molecule has 0 unspecified atom stereocenters. The van der Waals surface area contributed by atoms with E-state index in [0.29, 0.717) is 0 Å². The largest absolute Gasteiger partial charge is 0.258 e. The Bertz CT molecular complexity index is 349. The molecule has 0 amide bonds. The van der Waals surface area contributed by atoms with Crippen LogP contribution >= 0.6 is 0 Å². The summed E-state index contributed by atoms with van der Waals surface area (Å²) in [5.41, 5.74) is 5.30. The van der Waals surface area contributed by atoms with E-state index in [4.69, 9.17) is 0 Å². The van der Waals surface area contributed by atoms with Gasteiger partial charge in [0.05, 0.1) is 0 Å². The molecule has 1 heterocycles. The summed E-state index contributed by atoms with van der Waals surface area (Å²) < 4.78 is 0. The van der Waals surface area contributed by atoms with Gasteiger partial charge in [0.1, 0.15) is 0 Å². The first-order chi connectivity index (χ1) is 7.18. The standard InChI is InChI=1S/C14H21N/c1-10-9-14(12(3)15-11(10)2)13-7-5-4-6-8-13/h9,13H,4-8H2,1-3H3. The van der Waals surface area contributed by atoms with E-state index in [0.717, 1.165) is 5.92 Å². The number of hydrogen-bond acceptors (Lipinski definition) is 1. The molecule has 0 atom stereocenters. The molecule has 0 N–H and O–H groups in total. The van der Waals surface area contributed by atoms with E-state index in [-0.39, 0.29) is 0 Å². The topological polar surface area (TPSA) is 12.9 Å². The van der Waals surface area contributed by atoms with E-state index in [1.807, 2.05) is 0 Å². The van der Waals surface area contributed by atoms with Crippen molar-refractivity contribution in [2.24, 2.45) is 0 Å². The highest BCUT2D eigenvalue weighted by Gasteiger charge is 2.18. The first-order valence-corrected chi connectivity index (χ1v) is 6.13. The summed E-state index contributed by atoms with van der Waals surface area (Å²) in [5, 5.41) is 0. The van der Waals surface area contributed by atoms with Crippen LogP contribution < -0.4 is 0 Å². The molecule has 0 bridgehead atoms. The number of rotatable bonds is 1. The van der Waals surface area contributed by atoms with E-state index in [1.165, 1.54) is 54.6 Å². The van der Waals surface area contributed by atoms with Crippen molar-refractivity contribution in [2.75, 3.05) is 0 Å². The Morgan fingerprint density at radius 2 is 1.67 bits per heavy atom. The summed E-state index contributed by atoms with van der Waals surface area (Å²) in [6.45, 7) is 6.44. The highest BCUT2D eigenvalue weighted by atomic mass is 14.7. The second kappa shape index (κ2) is 4.34. The zero-order valence-corrected chi connectivity index (χ0v) is 10.1. The van der Waals surface area contributed by atoms with Crippen molar-refractivity contribution >= 4 is 0 Å². The van der Waals surface area contributed by atoms with Gasteiger partial charge in [0, 0.05) is 11.4 Å². The number of aryl methyl sites for hydroxylation is 3. The first kappa shape index (κ1) is 10.7. The molecular weight excluding hydrogens is 182 g/mol. The van der Waals surface area contributed by atoms with Crippen molar-refractivity contribution in [3.63, 3.8) is 0 Å².